The van der Waals surface area contributed by atoms with E-state index in [0.29, 0.717) is 5.92 Å². The van der Waals surface area contributed by atoms with Crippen molar-refractivity contribution in [3.05, 3.63) is 29.3 Å². The summed E-state index contributed by atoms with van der Waals surface area (Å²) in [4.78, 5) is 6.05. The minimum atomic E-state index is -0.221. The van der Waals surface area contributed by atoms with Crippen LogP contribution in [0, 0.1) is 11.8 Å². The van der Waals surface area contributed by atoms with Gasteiger partial charge in [0.25, 0.3) is 0 Å². The van der Waals surface area contributed by atoms with Crippen LogP contribution in [0.15, 0.2) is 24.3 Å². The van der Waals surface area contributed by atoms with Gasteiger partial charge in [-0.05, 0) is 55.5 Å². The lowest BCUT2D eigenvalue weighted by atomic mass is 9.66. The number of thiophene rings is 1. The molecule has 3 saturated carbocycles. The van der Waals surface area contributed by atoms with E-state index in [2.05, 4.69) is 23.1 Å². The second kappa shape index (κ2) is 4.82. The molecule has 1 aromatic carbocycles. The van der Waals surface area contributed by atoms with E-state index in [1.54, 1.807) is 11.3 Å². The van der Waals surface area contributed by atoms with Crippen molar-refractivity contribution in [2.45, 2.75) is 37.8 Å². The topological polar surface area (TPSA) is 36.5 Å². The van der Waals surface area contributed by atoms with Gasteiger partial charge in [0, 0.05) is 5.92 Å². The number of hydrogen-bond donors (Lipinski definition) is 2. The quantitative estimate of drug-likeness (QED) is 0.818. The summed E-state index contributed by atoms with van der Waals surface area (Å²) in [5.41, 5.74) is 6.47. The van der Waals surface area contributed by atoms with Crippen molar-refractivity contribution < 1.29 is 4.84 Å². The van der Waals surface area contributed by atoms with Crippen molar-refractivity contribution >= 4 is 38.0 Å². The highest BCUT2D eigenvalue weighted by Gasteiger charge is 2.53. The van der Waals surface area contributed by atoms with Gasteiger partial charge in [-0.15, -0.1) is 11.3 Å². The molecular weight excluding hydrogens is 318 g/mol. The van der Waals surface area contributed by atoms with Gasteiger partial charge in [-0.3, -0.25) is 4.84 Å². The Morgan fingerprint density at radius 3 is 2.86 bits per heavy atom. The third-order valence-electron chi connectivity index (χ3n) is 5.42. The average Bonchev–Trinajstić information content (AvgIpc) is 3.14. The molecule has 2 aromatic rings. The SMILES string of the molecule is Clc1cccc2cc(N3NO[C@@]4(CC5CCC4CC5)N3)sc12. The maximum Gasteiger partial charge on any atom is 0.163 e. The van der Waals surface area contributed by atoms with Crippen LogP contribution < -0.4 is 16.1 Å². The average molecular weight is 336 g/mol. The lowest BCUT2D eigenvalue weighted by Gasteiger charge is -2.47. The van der Waals surface area contributed by atoms with E-state index in [1.807, 2.05) is 17.3 Å². The lowest BCUT2D eigenvalue weighted by Crippen LogP contribution is -2.57. The largest absolute Gasteiger partial charge is 0.257 e. The summed E-state index contributed by atoms with van der Waals surface area (Å²) in [6, 6.07) is 8.17. The molecule has 2 bridgehead atoms. The van der Waals surface area contributed by atoms with E-state index < -0.39 is 0 Å². The highest BCUT2D eigenvalue weighted by molar-refractivity contribution is 7.23. The molecule has 1 saturated heterocycles. The number of hydrazine groups is 2. The first kappa shape index (κ1) is 13.6. The fourth-order valence-electron chi connectivity index (χ4n) is 4.28. The molecule has 4 nitrogen and oxygen atoms in total. The lowest BCUT2D eigenvalue weighted by molar-refractivity contribution is -0.153. The van der Waals surface area contributed by atoms with Crippen LogP contribution >= 0.6 is 22.9 Å². The Morgan fingerprint density at radius 1 is 1.27 bits per heavy atom. The van der Waals surface area contributed by atoms with Crippen molar-refractivity contribution in [1.29, 1.82) is 0 Å². The van der Waals surface area contributed by atoms with Crippen LogP contribution in [-0.4, -0.2) is 5.72 Å². The van der Waals surface area contributed by atoms with Crippen LogP contribution in [0.4, 0.5) is 5.00 Å². The molecule has 3 aliphatic carbocycles. The Balaban J connectivity index is 1.46. The highest BCUT2D eigenvalue weighted by Crippen LogP contribution is 2.49. The van der Waals surface area contributed by atoms with Crippen molar-refractivity contribution in [3.63, 3.8) is 0 Å². The summed E-state index contributed by atoms with van der Waals surface area (Å²) in [5.74, 6) is 1.41. The second-order valence-corrected chi connectivity index (χ2v) is 8.13. The molecule has 2 heterocycles. The molecule has 4 aliphatic rings. The van der Waals surface area contributed by atoms with Gasteiger partial charge in [0.15, 0.2) is 5.72 Å². The van der Waals surface area contributed by atoms with Crippen LogP contribution in [0.2, 0.25) is 5.02 Å². The molecule has 0 amide bonds. The van der Waals surface area contributed by atoms with E-state index in [0.717, 1.165) is 27.1 Å². The molecule has 1 atom stereocenters. The monoisotopic (exact) mass is 335 g/mol. The summed E-state index contributed by atoms with van der Waals surface area (Å²) in [7, 11) is 0. The fourth-order valence-corrected chi connectivity index (χ4v) is 5.55. The third-order valence-corrected chi connectivity index (χ3v) is 7.02. The van der Waals surface area contributed by atoms with Gasteiger partial charge >= 0.3 is 0 Å². The Bertz CT molecular complexity index is 727. The van der Waals surface area contributed by atoms with Crippen molar-refractivity contribution in [2.75, 3.05) is 5.12 Å². The molecule has 22 heavy (non-hydrogen) atoms. The van der Waals surface area contributed by atoms with Crippen LogP contribution in [0.5, 0.6) is 0 Å². The molecular formula is C16H18ClN3OS. The second-order valence-electron chi connectivity index (χ2n) is 6.69. The Morgan fingerprint density at radius 2 is 2.14 bits per heavy atom. The Hall–Kier alpha value is -0.850. The number of halogens is 1. The summed E-state index contributed by atoms with van der Waals surface area (Å²) < 4.78 is 1.12. The van der Waals surface area contributed by atoms with Crippen LogP contribution in [0.3, 0.4) is 0 Å². The van der Waals surface area contributed by atoms with Gasteiger partial charge in [0.05, 0.1) is 9.72 Å². The smallest absolute Gasteiger partial charge is 0.163 e. The number of fused-ring (bicyclic) bond motifs is 3. The molecule has 1 spiro atoms. The molecule has 6 heteroatoms. The normalized spacial score (nSPS) is 34.1. The molecule has 0 unspecified atom stereocenters. The van der Waals surface area contributed by atoms with E-state index in [1.165, 1.54) is 31.1 Å². The van der Waals surface area contributed by atoms with E-state index in [9.17, 15) is 0 Å². The van der Waals surface area contributed by atoms with Crippen molar-refractivity contribution in [1.82, 2.24) is 11.0 Å². The van der Waals surface area contributed by atoms with Crippen molar-refractivity contribution in [3.8, 4) is 0 Å². The van der Waals surface area contributed by atoms with Gasteiger partial charge in [-0.25, -0.2) is 5.12 Å². The van der Waals surface area contributed by atoms with E-state index in [-0.39, 0.29) is 5.72 Å². The molecule has 116 valence electrons. The van der Waals surface area contributed by atoms with Gasteiger partial charge < -0.3 is 0 Å². The third kappa shape index (κ3) is 1.93. The predicted octanol–water partition coefficient (Wildman–Crippen LogP) is 4.22. The first-order valence-corrected chi connectivity index (χ1v) is 9.13. The predicted molar refractivity (Wildman–Crippen MR) is 89.5 cm³/mol. The van der Waals surface area contributed by atoms with Crippen molar-refractivity contribution in [2.24, 2.45) is 11.8 Å². The van der Waals surface area contributed by atoms with Crippen LogP contribution in [0.1, 0.15) is 32.1 Å². The first-order valence-electron chi connectivity index (χ1n) is 7.93. The molecule has 1 aliphatic heterocycles. The number of rotatable bonds is 1. The summed E-state index contributed by atoms with van der Waals surface area (Å²) in [6.07, 6.45) is 6.36. The van der Waals surface area contributed by atoms with E-state index >= 15 is 0 Å². The standard InChI is InChI=1S/C16H18ClN3OS/c17-13-3-1-2-11-8-14(22-15(11)13)20-18-16(21-19-20)9-10-4-6-12(16)7-5-10/h1-3,8,10,12,18-19H,4-7,9H2/t10?,12?,16-/m1/s1. The minimum Gasteiger partial charge on any atom is -0.257 e. The molecule has 2 N–H and O–H groups in total. The Labute approximate surface area is 138 Å². The van der Waals surface area contributed by atoms with Gasteiger partial charge in [0.2, 0.25) is 0 Å². The molecule has 4 fully saturated rings. The first-order chi connectivity index (χ1) is 10.7. The molecule has 1 aromatic heterocycles. The zero-order valence-corrected chi connectivity index (χ0v) is 13.7. The number of nitrogens with one attached hydrogen (secondary N) is 2. The van der Waals surface area contributed by atoms with Gasteiger partial charge in [-0.1, -0.05) is 29.3 Å². The van der Waals surface area contributed by atoms with Gasteiger partial charge in [-0.2, -0.15) is 5.43 Å². The van der Waals surface area contributed by atoms with E-state index in [4.69, 9.17) is 16.4 Å². The van der Waals surface area contributed by atoms with Gasteiger partial charge in [0.1, 0.15) is 5.00 Å². The van der Waals surface area contributed by atoms with Crippen LogP contribution in [0.25, 0.3) is 10.1 Å². The number of hydrogen-bond acceptors (Lipinski definition) is 5. The zero-order chi connectivity index (χ0) is 14.7. The summed E-state index contributed by atoms with van der Waals surface area (Å²) in [6.45, 7) is 0. The highest BCUT2D eigenvalue weighted by atomic mass is 35.5. The number of benzene rings is 1. The summed E-state index contributed by atoms with van der Waals surface area (Å²) >= 11 is 7.97. The summed E-state index contributed by atoms with van der Waals surface area (Å²) in [5, 5.41) is 4.99. The number of anilines is 1. The van der Waals surface area contributed by atoms with Crippen LogP contribution in [-0.2, 0) is 4.84 Å². The Kier molecular flexibility index (Phi) is 2.98. The fraction of sp³-hybridized carbons (Fsp3) is 0.500. The number of nitrogens with zero attached hydrogens (tertiary/aromatic N) is 1. The molecule has 6 rings (SSSR count). The maximum atomic E-state index is 6.29. The minimum absolute atomic E-state index is 0.221. The maximum absolute atomic E-state index is 6.29. The molecule has 0 radical (unpaired) electrons. The zero-order valence-electron chi connectivity index (χ0n) is 12.1.